The molecule has 2 amide bonds. The summed E-state index contributed by atoms with van der Waals surface area (Å²) in [7, 11) is 0. The number of amides is 2. The lowest BCUT2D eigenvalue weighted by Crippen LogP contribution is -2.27. The highest BCUT2D eigenvalue weighted by atomic mass is 16.2. The van der Waals surface area contributed by atoms with Crippen LogP contribution in [0.25, 0.3) is 0 Å². The number of hydrogen-bond acceptors (Lipinski definition) is 2. The van der Waals surface area contributed by atoms with Crippen LogP contribution in [-0.4, -0.2) is 24.9 Å². The van der Waals surface area contributed by atoms with Gasteiger partial charge in [0, 0.05) is 24.2 Å². The first-order chi connectivity index (χ1) is 12.1. The van der Waals surface area contributed by atoms with Gasteiger partial charge >= 0.3 is 0 Å². The average molecular weight is 338 g/mol. The predicted molar refractivity (Wildman–Crippen MR) is 101 cm³/mol. The van der Waals surface area contributed by atoms with Crippen LogP contribution in [0.5, 0.6) is 0 Å². The zero-order chi connectivity index (χ0) is 18.1. The summed E-state index contributed by atoms with van der Waals surface area (Å²) in [4.78, 5) is 24.4. The maximum Gasteiger partial charge on any atom is 0.251 e. The summed E-state index contributed by atoms with van der Waals surface area (Å²) in [6.07, 6.45) is 1.72. The molecule has 4 nitrogen and oxygen atoms in total. The molecule has 2 rings (SSSR count). The van der Waals surface area contributed by atoms with Crippen molar-refractivity contribution in [2.45, 2.75) is 26.7 Å². The first kappa shape index (κ1) is 18.7. The molecular formula is C21H26N2O2. The Kier molecular flexibility index (Phi) is 7.20. The molecule has 2 aromatic rings. The molecule has 0 aliphatic heterocycles. The minimum Gasteiger partial charge on any atom is -0.352 e. The molecule has 0 aliphatic rings. The molecule has 0 bridgehead atoms. The maximum absolute atomic E-state index is 12.3. The summed E-state index contributed by atoms with van der Waals surface area (Å²) in [6, 6.07) is 16.8. The van der Waals surface area contributed by atoms with E-state index in [-0.39, 0.29) is 11.8 Å². The van der Waals surface area contributed by atoms with Crippen LogP contribution in [0.2, 0.25) is 0 Å². The van der Waals surface area contributed by atoms with Gasteiger partial charge in [-0.1, -0.05) is 50.2 Å². The molecule has 0 saturated heterocycles. The van der Waals surface area contributed by atoms with Crippen molar-refractivity contribution in [2.75, 3.05) is 13.1 Å². The van der Waals surface area contributed by atoms with Gasteiger partial charge in [-0.15, -0.1) is 0 Å². The molecule has 0 spiro atoms. The molecular weight excluding hydrogens is 312 g/mol. The van der Waals surface area contributed by atoms with Crippen LogP contribution >= 0.6 is 0 Å². The van der Waals surface area contributed by atoms with Gasteiger partial charge in [0.25, 0.3) is 11.8 Å². The molecule has 0 fully saturated rings. The van der Waals surface area contributed by atoms with Crippen molar-refractivity contribution >= 4 is 11.8 Å². The fourth-order valence-corrected chi connectivity index (χ4v) is 2.45. The van der Waals surface area contributed by atoms with E-state index in [1.54, 1.807) is 24.3 Å². The Hall–Kier alpha value is -2.62. The van der Waals surface area contributed by atoms with Crippen molar-refractivity contribution in [3.8, 4) is 0 Å². The van der Waals surface area contributed by atoms with E-state index in [0.717, 1.165) is 12.8 Å². The van der Waals surface area contributed by atoms with E-state index in [4.69, 9.17) is 0 Å². The van der Waals surface area contributed by atoms with Gasteiger partial charge in [-0.25, -0.2) is 0 Å². The lowest BCUT2D eigenvalue weighted by Gasteiger charge is -2.09. The average Bonchev–Trinajstić information content (AvgIpc) is 2.62. The Morgan fingerprint density at radius 2 is 1.44 bits per heavy atom. The van der Waals surface area contributed by atoms with Crippen LogP contribution in [0.4, 0.5) is 0 Å². The van der Waals surface area contributed by atoms with Gasteiger partial charge in [0.05, 0.1) is 0 Å². The summed E-state index contributed by atoms with van der Waals surface area (Å²) in [5.41, 5.74) is 2.20. The number of benzene rings is 2. The lowest BCUT2D eigenvalue weighted by molar-refractivity contribution is 0.0951. The number of nitrogens with one attached hydrogen (secondary N) is 2. The van der Waals surface area contributed by atoms with Gasteiger partial charge in [-0.2, -0.15) is 0 Å². The number of hydrogen-bond donors (Lipinski definition) is 2. The smallest absolute Gasteiger partial charge is 0.251 e. The van der Waals surface area contributed by atoms with Crippen molar-refractivity contribution < 1.29 is 9.59 Å². The van der Waals surface area contributed by atoms with E-state index in [9.17, 15) is 9.59 Å². The fraction of sp³-hybridized carbons (Fsp3) is 0.333. The van der Waals surface area contributed by atoms with E-state index < -0.39 is 0 Å². The summed E-state index contributed by atoms with van der Waals surface area (Å²) < 4.78 is 0. The van der Waals surface area contributed by atoms with Crippen molar-refractivity contribution in [2.24, 2.45) is 5.92 Å². The summed E-state index contributed by atoms with van der Waals surface area (Å²) in [5.74, 6) is 0.245. The standard InChI is InChI=1S/C21H26N2O2/c1-16(2)11-13-22-20(24)18-9-6-10-19(15-18)21(25)23-14-12-17-7-4-3-5-8-17/h3-10,15-16H,11-14H2,1-2H3,(H,22,24)(H,23,25). The van der Waals surface area contributed by atoms with E-state index >= 15 is 0 Å². The maximum atomic E-state index is 12.3. The molecule has 132 valence electrons. The van der Waals surface area contributed by atoms with Crippen molar-refractivity contribution in [1.29, 1.82) is 0 Å². The first-order valence-corrected chi connectivity index (χ1v) is 8.76. The summed E-state index contributed by atoms with van der Waals surface area (Å²) in [5, 5.41) is 5.79. The molecule has 0 unspecified atom stereocenters. The van der Waals surface area contributed by atoms with Crippen LogP contribution in [0.15, 0.2) is 54.6 Å². The third-order valence-corrected chi connectivity index (χ3v) is 3.94. The second-order valence-corrected chi connectivity index (χ2v) is 6.51. The van der Waals surface area contributed by atoms with E-state index in [0.29, 0.717) is 30.1 Å². The topological polar surface area (TPSA) is 58.2 Å². The van der Waals surface area contributed by atoms with Crippen LogP contribution in [0.3, 0.4) is 0 Å². The van der Waals surface area contributed by atoms with Crippen LogP contribution in [0, 0.1) is 5.92 Å². The zero-order valence-electron chi connectivity index (χ0n) is 14.9. The SMILES string of the molecule is CC(C)CCNC(=O)c1cccc(C(=O)NCCc2ccccc2)c1. The highest BCUT2D eigenvalue weighted by Gasteiger charge is 2.10. The van der Waals surface area contributed by atoms with E-state index in [1.165, 1.54) is 5.56 Å². The molecule has 0 aliphatic carbocycles. The number of rotatable bonds is 8. The molecule has 0 heterocycles. The highest BCUT2D eigenvalue weighted by Crippen LogP contribution is 2.06. The van der Waals surface area contributed by atoms with Crippen LogP contribution in [0.1, 0.15) is 46.5 Å². The molecule has 25 heavy (non-hydrogen) atoms. The quantitative estimate of drug-likeness (QED) is 0.775. The molecule has 2 N–H and O–H groups in total. The van der Waals surface area contributed by atoms with Gasteiger partial charge in [0.15, 0.2) is 0 Å². The van der Waals surface area contributed by atoms with Crippen LogP contribution < -0.4 is 10.6 Å². The van der Waals surface area contributed by atoms with Gasteiger partial charge in [-0.3, -0.25) is 9.59 Å². The van der Waals surface area contributed by atoms with Crippen LogP contribution in [-0.2, 0) is 6.42 Å². The molecule has 0 aromatic heterocycles. The zero-order valence-corrected chi connectivity index (χ0v) is 14.9. The molecule has 0 atom stereocenters. The Bertz CT molecular complexity index is 696. The van der Waals surface area contributed by atoms with E-state index in [2.05, 4.69) is 24.5 Å². The molecule has 0 radical (unpaired) electrons. The Balaban J connectivity index is 1.86. The lowest BCUT2D eigenvalue weighted by atomic mass is 10.1. The van der Waals surface area contributed by atoms with Gasteiger partial charge in [-0.05, 0) is 42.5 Å². The summed E-state index contributed by atoms with van der Waals surface area (Å²) >= 11 is 0. The van der Waals surface area contributed by atoms with Gasteiger partial charge in [0.1, 0.15) is 0 Å². The minimum absolute atomic E-state index is 0.139. The third kappa shape index (κ3) is 6.42. The van der Waals surface area contributed by atoms with Crippen molar-refractivity contribution in [3.63, 3.8) is 0 Å². The normalized spacial score (nSPS) is 10.5. The first-order valence-electron chi connectivity index (χ1n) is 8.76. The minimum atomic E-state index is -0.159. The van der Waals surface area contributed by atoms with Crippen molar-refractivity contribution in [1.82, 2.24) is 10.6 Å². The Morgan fingerprint density at radius 3 is 2.04 bits per heavy atom. The summed E-state index contributed by atoms with van der Waals surface area (Å²) in [6.45, 7) is 5.44. The second-order valence-electron chi connectivity index (χ2n) is 6.51. The molecule has 2 aromatic carbocycles. The monoisotopic (exact) mass is 338 g/mol. The number of carbonyl (C=O) groups is 2. The molecule has 4 heteroatoms. The van der Waals surface area contributed by atoms with Crippen molar-refractivity contribution in [3.05, 3.63) is 71.3 Å². The Morgan fingerprint density at radius 1 is 0.840 bits per heavy atom. The fourth-order valence-electron chi connectivity index (χ4n) is 2.45. The molecule has 0 saturated carbocycles. The number of carbonyl (C=O) groups excluding carboxylic acids is 2. The third-order valence-electron chi connectivity index (χ3n) is 3.94. The highest BCUT2D eigenvalue weighted by molar-refractivity contribution is 5.99. The van der Waals surface area contributed by atoms with Gasteiger partial charge < -0.3 is 10.6 Å². The van der Waals surface area contributed by atoms with E-state index in [1.807, 2.05) is 30.3 Å². The largest absolute Gasteiger partial charge is 0.352 e. The Labute approximate surface area is 149 Å². The second kappa shape index (κ2) is 9.62. The predicted octanol–water partition coefficient (Wildman–Crippen LogP) is 3.44. The van der Waals surface area contributed by atoms with Gasteiger partial charge in [0.2, 0.25) is 0 Å².